The number of nitrogens with zero attached hydrogens (tertiary/aromatic N) is 2. The monoisotopic (exact) mass is 293 g/mol. The molecule has 1 N–H and O–H groups in total. The van der Waals surface area contributed by atoms with Crippen LogP contribution in [0.4, 0.5) is 5.95 Å². The van der Waals surface area contributed by atoms with Gasteiger partial charge in [0.25, 0.3) is 0 Å². The summed E-state index contributed by atoms with van der Waals surface area (Å²) in [6.07, 6.45) is 0. The maximum atomic E-state index is 5.14. The lowest BCUT2D eigenvalue weighted by atomic mass is 10.1. The molecule has 0 aromatic carbocycles. The van der Waals surface area contributed by atoms with Crippen LogP contribution in [-0.4, -0.2) is 24.2 Å². The van der Waals surface area contributed by atoms with Crippen LogP contribution in [0.5, 0.6) is 11.8 Å². The predicted molar refractivity (Wildman–Crippen MR) is 81.0 cm³/mol. The molecule has 0 bridgehead atoms. The summed E-state index contributed by atoms with van der Waals surface area (Å²) in [5.74, 6) is 1.45. The van der Waals surface area contributed by atoms with Crippen molar-refractivity contribution in [3.05, 3.63) is 27.5 Å². The van der Waals surface area contributed by atoms with E-state index in [9.17, 15) is 0 Å². The Kier molecular flexibility index (Phi) is 4.44. The third-order valence-electron chi connectivity index (χ3n) is 2.99. The zero-order valence-electron chi connectivity index (χ0n) is 12.4. The summed E-state index contributed by atoms with van der Waals surface area (Å²) in [5, 5.41) is 3.29. The first kappa shape index (κ1) is 14.6. The van der Waals surface area contributed by atoms with E-state index in [1.165, 1.54) is 15.3 Å². The summed E-state index contributed by atoms with van der Waals surface area (Å²) in [6.45, 7) is 6.32. The summed E-state index contributed by atoms with van der Waals surface area (Å²) in [4.78, 5) is 11.2. The number of hydrogen-bond acceptors (Lipinski definition) is 6. The highest BCUT2D eigenvalue weighted by atomic mass is 32.1. The van der Waals surface area contributed by atoms with Gasteiger partial charge in [-0.1, -0.05) is 0 Å². The number of aromatic nitrogens is 2. The highest BCUT2D eigenvalue weighted by Crippen LogP contribution is 2.28. The van der Waals surface area contributed by atoms with E-state index in [0.717, 1.165) is 0 Å². The minimum Gasteiger partial charge on any atom is -0.481 e. The average molecular weight is 293 g/mol. The lowest BCUT2D eigenvalue weighted by Crippen LogP contribution is -2.10. The second-order valence-electron chi connectivity index (χ2n) is 4.51. The molecule has 0 aliphatic rings. The number of hydrogen-bond donors (Lipinski definition) is 1. The van der Waals surface area contributed by atoms with Crippen molar-refractivity contribution in [3.8, 4) is 11.8 Å². The van der Waals surface area contributed by atoms with Crippen LogP contribution in [0.2, 0.25) is 0 Å². The quantitative estimate of drug-likeness (QED) is 0.916. The molecular weight excluding hydrogens is 274 g/mol. The SMILES string of the molecule is COc1cc(OC)nc(NC(C)c2cc(C)sc2C)n1. The number of rotatable bonds is 5. The number of anilines is 1. The van der Waals surface area contributed by atoms with Crippen molar-refractivity contribution < 1.29 is 9.47 Å². The van der Waals surface area contributed by atoms with E-state index in [4.69, 9.17) is 9.47 Å². The maximum Gasteiger partial charge on any atom is 0.229 e. The van der Waals surface area contributed by atoms with Crippen LogP contribution in [0.15, 0.2) is 12.1 Å². The van der Waals surface area contributed by atoms with Crippen LogP contribution >= 0.6 is 11.3 Å². The maximum absolute atomic E-state index is 5.14. The predicted octanol–water partition coefficient (Wildman–Crippen LogP) is 3.35. The van der Waals surface area contributed by atoms with Crippen molar-refractivity contribution >= 4 is 17.3 Å². The van der Waals surface area contributed by atoms with Gasteiger partial charge >= 0.3 is 0 Å². The Balaban J connectivity index is 2.22. The molecule has 0 saturated carbocycles. The van der Waals surface area contributed by atoms with Gasteiger partial charge in [-0.3, -0.25) is 0 Å². The Morgan fingerprint density at radius 3 is 2.15 bits per heavy atom. The second-order valence-corrected chi connectivity index (χ2v) is 5.97. The van der Waals surface area contributed by atoms with Crippen molar-refractivity contribution in [3.63, 3.8) is 0 Å². The number of thiophene rings is 1. The molecule has 2 rings (SSSR count). The number of ether oxygens (including phenoxy) is 2. The van der Waals surface area contributed by atoms with Crippen LogP contribution in [0.3, 0.4) is 0 Å². The second kappa shape index (κ2) is 6.09. The first-order valence-corrected chi connectivity index (χ1v) is 7.15. The first-order chi connectivity index (χ1) is 9.53. The molecule has 0 aliphatic carbocycles. The van der Waals surface area contributed by atoms with Gasteiger partial charge < -0.3 is 14.8 Å². The van der Waals surface area contributed by atoms with E-state index in [2.05, 4.69) is 42.1 Å². The largest absolute Gasteiger partial charge is 0.481 e. The summed E-state index contributed by atoms with van der Waals surface area (Å²) in [5.41, 5.74) is 1.26. The van der Waals surface area contributed by atoms with Gasteiger partial charge in [-0.2, -0.15) is 9.97 Å². The van der Waals surface area contributed by atoms with Gasteiger partial charge in [-0.25, -0.2) is 0 Å². The van der Waals surface area contributed by atoms with E-state index >= 15 is 0 Å². The fourth-order valence-electron chi connectivity index (χ4n) is 2.03. The van der Waals surface area contributed by atoms with E-state index < -0.39 is 0 Å². The van der Waals surface area contributed by atoms with Gasteiger partial charge in [-0.05, 0) is 32.4 Å². The Morgan fingerprint density at radius 1 is 1.10 bits per heavy atom. The molecule has 0 spiro atoms. The zero-order chi connectivity index (χ0) is 14.7. The molecule has 20 heavy (non-hydrogen) atoms. The van der Waals surface area contributed by atoms with Crippen molar-refractivity contribution in [2.24, 2.45) is 0 Å². The highest BCUT2D eigenvalue weighted by Gasteiger charge is 2.13. The van der Waals surface area contributed by atoms with Gasteiger partial charge in [0.2, 0.25) is 17.7 Å². The Hall–Kier alpha value is -1.82. The first-order valence-electron chi connectivity index (χ1n) is 6.34. The topological polar surface area (TPSA) is 56.3 Å². The van der Waals surface area contributed by atoms with Crippen LogP contribution in [0.25, 0.3) is 0 Å². The van der Waals surface area contributed by atoms with Crippen molar-refractivity contribution in [2.45, 2.75) is 26.8 Å². The fraction of sp³-hybridized carbons (Fsp3) is 0.429. The molecular formula is C14H19N3O2S. The van der Waals surface area contributed by atoms with Crippen LogP contribution < -0.4 is 14.8 Å². The standard InChI is InChI=1S/C14H19N3O2S/c1-8-6-11(10(3)20-8)9(2)15-14-16-12(18-4)7-13(17-14)19-5/h6-7,9H,1-5H3,(H,15,16,17). The van der Waals surface area contributed by atoms with Gasteiger partial charge in [0.05, 0.1) is 26.3 Å². The molecule has 2 aromatic heterocycles. The summed E-state index contributed by atoms with van der Waals surface area (Å²) >= 11 is 1.79. The molecule has 1 atom stereocenters. The molecule has 0 aliphatic heterocycles. The van der Waals surface area contributed by atoms with Crippen LogP contribution in [0, 0.1) is 13.8 Å². The molecule has 0 saturated heterocycles. The van der Waals surface area contributed by atoms with Gasteiger partial charge in [0.15, 0.2) is 0 Å². The minimum atomic E-state index is 0.122. The van der Waals surface area contributed by atoms with Crippen LogP contribution in [-0.2, 0) is 0 Å². The Morgan fingerprint density at radius 2 is 1.70 bits per heavy atom. The molecule has 0 radical (unpaired) electrons. The van der Waals surface area contributed by atoms with Crippen molar-refractivity contribution in [1.29, 1.82) is 0 Å². The third kappa shape index (κ3) is 3.19. The smallest absolute Gasteiger partial charge is 0.229 e. The molecule has 2 heterocycles. The highest BCUT2D eigenvalue weighted by molar-refractivity contribution is 7.12. The molecule has 2 aromatic rings. The molecule has 0 amide bonds. The number of aryl methyl sites for hydroxylation is 2. The van der Waals surface area contributed by atoms with Gasteiger partial charge in [-0.15, -0.1) is 11.3 Å². The van der Waals surface area contributed by atoms with Crippen LogP contribution in [0.1, 0.15) is 28.3 Å². The molecule has 1 unspecified atom stereocenters. The van der Waals surface area contributed by atoms with E-state index in [-0.39, 0.29) is 6.04 Å². The van der Waals surface area contributed by atoms with E-state index in [0.29, 0.717) is 17.7 Å². The lowest BCUT2D eigenvalue weighted by molar-refractivity contribution is 0.372. The van der Waals surface area contributed by atoms with Crippen molar-refractivity contribution in [2.75, 3.05) is 19.5 Å². The minimum absolute atomic E-state index is 0.122. The zero-order valence-corrected chi connectivity index (χ0v) is 13.2. The summed E-state index contributed by atoms with van der Waals surface area (Å²) < 4.78 is 10.3. The summed E-state index contributed by atoms with van der Waals surface area (Å²) in [6, 6.07) is 3.96. The van der Waals surface area contributed by atoms with Crippen molar-refractivity contribution in [1.82, 2.24) is 9.97 Å². The summed E-state index contributed by atoms with van der Waals surface area (Å²) in [7, 11) is 3.14. The lowest BCUT2D eigenvalue weighted by Gasteiger charge is -2.15. The third-order valence-corrected chi connectivity index (χ3v) is 3.97. The Bertz CT molecular complexity index is 576. The number of methoxy groups -OCH3 is 2. The van der Waals surface area contributed by atoms with E-state index in [1.807, 2.05) is 0 Å². The molecule has 6 heteroatoms. The normalized spacial score (nSPS) is 12.1. The molecule has 108 valence electrons. The fourth-order valence-corrected chi connectivity index (χ4v) is 3.05. The number of nitrogens with one attached hydrogen (secondary N) is 1. The average Bonchev–Trinajstić information content (AvgIpc) is 2.77. The van der Waals surface area contributed by atoms with E-state index in [1.54, 1.807) is 31.6 Å². The molecule has 0 fully saturated rings. The molecule has 5 nitrogen and oxygen atoms in total. The van der Waals surface area contributed by atoms with Gasteiger partial charge in [0.1, 0.15) is 0 Å². The van der Waals surface area contributed by atoms with Gasteiger partial charge in [0, 0.05) is 9.75 Å². The Labute approximate surface area is 123 Å².